The fraction of sp³-hybridized carbons (Fsp3) is 0.692. The summed E-state index contributed by atoms with van der Waals surface area (Å²) in [6, 6.07) is 5.70. The molecule has 1 saturated carbocycles. The Balaban J connectivity index is 1.78. The van der Waals surface area contributed by atoms with E-state index < -0.39 is 17.0 Å². The molecule has 2 unspecified atom stereocenters. The van der Waals surface area contributed by atoms with Crippen LogP contribution in [0.5, 0.6) is 0 Å². The molecule has 1 saturated heterocycles. The van der Waals surface area contributed by atoms with E-state index in [2.05, 4.69) is 45.8 Å². The van der Waals surface area contributed by atoms with Gasteiger partial charge in [-0.25, -0.2) is 4.39 Å². The summed E-state index contributed by atoms with van der Waals surface area (Å²) in [5.41, 5.74) is 6.80. The van der Waals surface area contributed by atoms with E-state index in [0.717, 1.165) is 36.9 Å². The van der Waals surface area contributed by atoms with E-state index >= 15 is 4.39 Å². The first-order valence-corrected chi connectivity index (χ1v) is 13.3. The van der Waals surface area contributed by atoms with Gasteiger partial charge in [-0.15, -0.1) is 0 Å². The Morgan fingerprint density at radius 1 is 1.21 bits per heavy atom. The lowest BCUT2D eigenvalue weighted by molar-refractivity contribution is -0.120. The van der Waals surface area contributed by atoms with Gasteiger partial charge in [-0.2, -0.15) is 0 Å². The number of hydrogen-bond donors (Lipinski definition) is 3. The number of rotatable bonds is 2. The number of carbonyl (C=O) groups is 1. The Hall–Kier alpha value is -1.28. The Bertz CT molecular complexity index is 1040. The lowest BCUT2D eigenvalue weighted by Crippen LogP contribution is -2.63. The fourth-order valence-electron chi connectivity index (χ4n) is 7.88. The zero-order valence-corrected chi connectivity index (χ0v) is 22.1. The van der Waals surface area contributed by atoms with Crippen molar-refractivity contribution >= 4 is 38.8 Å². The maximum absolute atomic E-state index is 16.2. The largest absolute Gasteiger partial charge is 0.329 e. The normalized spacial score (nSPS) is 38.5. The highest BCUT2D eigenvalue weighted by molar-refractivity contribution is 6.61. The Morgan fingerprint density at radius 3 is 2.59 bits per heavy atom. The molecule has 3 heterocycles. The number of halogens is 2. The van der Waals surface area contributed by atoms with Crippen molar-refractivity contribution in [3.05, 3.63) is 28.8 Å². The summed E-state index contributed by atoms with van der Waals surface area (Å²) in [5, 5.41) is 7.99. The SMILES string of the molecule is CC1(C)CCC2(CC1)N[C@@H](CN)[C@H]([C@@]1(C)CCN=C([Si])C1F)C21CC(=O)Nc2cc(Cl)ccc21. The van der Waals surface area contributed by atoms with Gasteiger partial charge < -0.3 is 16.4 Å². The van der Waals surface area contributed by atoms with E-state index in [0.29, 0.717) is 36.3 Å². The van der Waals surface area contributed by atoms with Gasteiger partial charge in [-0.05, 0) is 61.1 Å². The van der Waals surface area contributed by atoms with Crippen LogP contribution in [0.4, 0.5) is 10.1 Å². The molecule has 1 aliphatic carbocycles. The molecule has 183 valence electrons. The number of nitrogens with zero attached hydrogens (tertiary/aromatic N) is 1. The molecule has 34 heavy (non-hydrogen) atoms. The second-order valence-corrected chi connectivity index (χ2v) is 12.9. The molecule has 0 aromatic heterocycles. The summed E-state index contributed by atoms with van der Waals surface area (Å²) in [4.78, 5) is 17.7. The van der Waals surface area contributed by atoms with E-state index in [-0.39, 0.29) is 28.8 Å². The minimum atomic E-state index is -1.26. The number of aliphatic imine (C=N–C) groups is 1. The van der Waals surface area contributed by atoms with Crippen LogP contribution in [0.3, 0.4) is 0 Å². The minimum Gasteiger partial charge on any atom is -0.329 e. The maximum Gasteiger partial charge on any atom is 0.225 e. The van der Waals surface area contributed by atoms with Crippen molar-refractivity contribution in [2.75, 3.05) is 18.4 Å². The highest BCUT2D eigenvalue weighted by atomic mass is 35.5. The van der Waals surface area contributed by atoms with Crippen molar-refractivity contribution in [2.45, 2.75) is 82.5 Å². The van der Waals surface area contributed by atoms with Gasteiger partial charge in [-0.3, -0.25) is 9.79 Å². The molecule has 4 aliphatic rings. The molecule has 0 bridgehead atoms. The first-order chi connectivity index (χ1) is 16.0. The first-order valence-electron chi connectivity index (χ1n) is 12.5. The second kappa shape index (κ2) is 8.12. The lowest BCUT2D eigenvalue weighted by atomic mass is 9.46. The molecule has 5 atom stereocenters. The van der Waals surface area contributed by atoms with E-state index in [1.165, 1.54) is 0 Å². The predicted octanol–water partition coefficient (Wildman–Crippen LogP) is 4.12. The van der Waals surface area contributed by atoms with Gasteiger partial charge in [0.25, 0.3) is 0 Å². The van der Waals surface area contributed by atoms with Crippen LogP contribution in [-0.2, 0) is 10.2 Å². The van der Waals surface area contributed by atoms with Gasteiger partial charge in [0.1, 0.15) is 6.17 Å². The van der Waals surface area contributed by atoms with Crippen LogP contribution in [0.2, 0.25) is 5.02 Å². The molecule has 8 heteroatoms. The van der Waals surface area contributed by atoms with E-state index in [1.807, 2.05) is 19.1 Å². The minimum absolute atomic E-state index is 0.0365. The monoisotopic (exact) mass is 501 g/mol. The van der Waals surface area contributed by atoms with Crippen molar-refractivity contribution in [1.29, 1.82) is 0 Å². The standard InChI is InChI=1S/C26H35ClFN4OSi/c1-23(2)6-8-25(9-7-23)26(13-19(33)31-17-12-15(27)4-5-16(17)26)20(18(14-29)32-25)24(3)10-11-30-22(34)21(24)28/h4-5,12,18,20-21,32H,6-11,13-14,29H2,1-3H3,(H,31,33)/t18-,20+,21?,24+,26?/m0/s1. The van der Waals surface area contributed by atoms with Crippen molar-refractivity contribution in [1.82, 2.24) is 5.32 Å². The van der Waals surface area contributed by atoms with Crippen LogP contribution >= 0.6 is 11.6 Å². The molecule has 5 rings (SSSR count). The molecule has 2 fully saturated rings. The third-order valence-electron chi connectivity index (χ3n) is 9.60. The van der Waals surface area contributed by atoms with Crippen molar-refractivity contribution < 1.29 is 9.18 Å². The molecule has 2 spiro atoms. The van der Waals surface area contributed by atoms with Gasteiger partial charge in [0.15, 0.2) is 0 Å². The zero-order chi connectivity index (χ0) is 24.5. The van der Waals surface area contributed by atoms with Crippen LogP contribution in [0, 0.1) is 16.7 Å². The number of anilines is 1. The van der Waals surface area contributed by atoms with Crippen molar-refractivity contribution in [2.24, 2.45) is 27.5 Å². The fourth-order valence-corrected chi connectivity index (χ4v) is 8.49. The summed E-state index contributed by atoms with van der Waals surface area (Å²) in [7, 11) is 3.47. The number of fused-ring (bicyclic) bond motifs is 3. The third-order valence-corrected chi connectivity index (χ3v) is 10.2. The highest BCUT2D eigenvalue weighted by Crippen LogP contribution is 2.66. The highest BCUT2D eigenvalue weighted by Gasteiger charge is 2.71. The van der Waals surface area contributed by atoms with E-state index in [1.54, 1.807) is 0 Å². The molecule has 5 nitrogen and oxygen atoms in total. The van der Waals surface area contributed by atoms with Crippen LogP contribution in [0.1, 0.15) is 64.9 Å². The molecule has 3 radical (unpaired) electrons. The van der Waals surface area contributed by atoms with E-state index in [9.17, 15) is 4.79 Å². The van der Waals surface area contributed by atoms with Crippen molar-refractivity contribution in [3.63, 3.8) is 0 Å². The number of carbonyl (C=O) groups excluding carboxylic acids is 1. The van der Waals surface area contributed by atoms with Gasteiger partial charge in [0.2, 0.25) is 5.91 Å². The van der Waals surface area contributed by atoms with E-state index in [4.69, 9.17) is 17.3 Å². The van der Waals surface area contributed by atoms with Crippen LogP contribution in [-0.4, -0.2) is 52.3 Å². The third kappa shape index (κ3) is 3.37. The number of nitrogens with two attached hydrogens (primary N) is 1. The average molecular weight is 502 g/mol. The topological polar surface area (TPSA) is 79.5 Å². The van der Waals surface area contributed by atoms with Gasteiger partial charge in [0, 0.05) is 58.0 Å². The Morgan fingerprint density at radius 2 is 1.91 bits per heavy atom. The van der Waals surface area contributed by atoms with Gasteiger partial charge >= 0.3 is 0 Å². The average Bonchev–Trinajstić information content (AvgIpc) is 3.04. The predicted molar refractivity (Wildman–Crippen MR) is 137 cm³/mol. The lowest BCUT2D eigenvalue weighted by Gasteiger charge is -2.58. The summed E-state index contributed by atoms with van der Waals surface area (Å²) in [5.74, 6) is -0.223. The number of benzene rings is 1. The number of nitrogens with one attached hydrogen (secondary N) is 2. The Labute approximate surface area is 210 Å². The summed E-state index contributed by atoms with van der Waals surface area (Å²) in [6.45, 7) is 7.61. The molecule has 1 aromatic rings. The van der Waals surface area contributed by atoms with Crippen LogP contribution in [0.25, 0.3) is 0 Å². The first kappa shape index (κ1) is 24.4. The number of amides is 1. The Kier molecular flexibility index (Phi) is 5.83. The molecule has 3 aliphatic heterocycles. The smallest absolute Gasteiger partial charge is 0.225 e. The number of hydrogen-bond acceptors (Lipinski definition) is 4. The molecular weight excluding hydrogens is 467 g/mol. The van der Waals surface area contributed by atoms with Gasteiger partial charge in [-0.1, -0.05) is 38.4 Å². The number of alkyl halides is 1. The molecule has 1 amide bonds. The zero-order valence-electron chi connectivity index (χ0n) is 20.3. The quantitative estimate of drug-likeness (QED) is 0.533. The van der Waals surface area contributed by atoms with Crippen molar-refractivity contribution in [3.8, 4) is 0 Å². The van der Waals surface area contributed by atoms with Crippen LogP contribution in [0.15, 0.2) is 23.2 Å². The summed E-state index contributed by atoms with van der Waals surface area (Å²) in [6.07, 6.45) is 3.58. The van der Waals surface area contributed by atoms with Gasteiger partial charge in [0.05, 0.1) is 10.2 Å². The second-order valence-electron chi connectivity index (χ2n) is 12.0. The summed E-state index contributed by atoms with van der Waals surface area (Å²) < 4.78 is 16.2. The molecular formula is C26H35ClFN4OSi. The van der Waals surface area contributed by atoms with Crippen LogP contribution < -0.4 is 16.4 Å². The molecule has 1 aromatic carbocycles. The molecule has 4 N–H and O–H groups in total. The maximum atomic E-state index is 16.2. The summed E-state index contributed by atoms with van der Waals surface area (Å²) >= 11 is 6.38.